The van der Waals surface area contributed by atoms with Gasteiger partial charge in [0, 0.05) is 42.6 Å². The van der Waals surface area contributed by atoms with Crippen molar-refractivity contribution in [2.45, 2.75) is 19.5 Å². The standard InChI is InChI=1S/C27H29ClN4S.CH3NO/c1-29-27(18-21-7-11-26(28)12-8-21)31-30-19-22-5-9-24(10-6-22)25-4-2-3-23(17-25)20-32-13-15-33-16-14-32;2-1-3/h2-12,17,30H,1,13-16,18-20H2;1H,(H2,2,3)/b31-27-;. The number of hydrogen-bond donors (Lipinski definition) is 2. The summed E-state index contributed by atoms with van der Waals surface area (Å²) in [7, 11) is 0. The van der Waals surface area contributed by atoms with Crippen molar-refractivity contribution in [3.63, 3.8) is 0 Å². The molecule has 3 N–H and O–H groups in total. The molecule has 1 saturated heterocycles. The Balaban J connectivity index is 0.00000115. The van der Waals surface area contributed by atoms with Gasteiger partial charge in [-0.1, -0.05) is 66.2 Å². The van der Waals surface area contributed by atoms with Crippen LogP contribution in [-0.4, -0.2) is 48.5 Å². The van der Waals surface area contributed by atoms with Crippen LogP contribution in [0, 0.1) is 0 Å². The van der Waals surface area contributed by atoms with Gasteiger partial charge in [-0.2, -0.15) is 16.9 Å². The zero-order valence-corrected chi connectivity index (χ0v) is 21.8. The normalized spacial score (nSPS) is 13.9. The Labute approximate surface area is 222 Å². The van der Waals surface area contributed by atoms with E-state index in [9.17, 15) is 0 Å². The van der Waals surface area contributed by atoms with Crippen molar-refractivity contribution in [3.05, 3.63) is 94.5 Å². The zero-order chi connectivity index (χ0) is 25.6. The van der Waals surface area contributed by atoms with Gasteiger partial charge in [-0.3, -0.25) is 9.69 Å². The quantitative estimate of drug-likeness (QED) is 0.189. The number of nitrogens with zero attached hydrogens (tertiary/aromatic N) is 3. The Kier molecular flexibility index (Phi) is 11.5. The second-order valence-electron chi connectivity index (χ2n) is 8.25. The van der Waals surface area contributed by atoms with Crippen LogP contribution in [-0.2, 0) is 24.3 Å². The van der Waals surface area contributed by atoms with Gasteiger partial charge in [-0.15, -0.1) is 0 Å². The molecule has 6 nitrogen and oxygen atoms in total. The number of rotatable bonds is 8. The average molecular weight is 522 g/mol. The minimum absolute atomic E-state index is 0.250. The third kappa shape index (κ3) is 9.15. The van der Waals surface area contributed by atoms with Crippen LogP contribution in [0.1, 0.15) is 16.7 Å². The fourth-order valence-corrected chi connectivity index (χ4v) is 4.92. The number of benzene rings is 3. The van der Waals surface area contributed by atoms with E-state index in [4.69, 9.17) is 16.4 Å². The smallest absolute Gasteiger partial charge is 0.204 e. The number of hydrogen-bond acceptors (Lipinski definition) is 5. The molecule has 1 amide bonds. The van der Waals surface area contributed by atoms with Gasteiger partial charge in [0.15, 0.2) is 5.84 Å². The molecule has 36 heavy (non-hydrogen) atoms. The van der Waals surface area contributed by atoms with Crippen LogP contribution in [0.4, 0.5) is 0 Å². The Morgan fingerprint density at radius 1 is 1.00 bits per heavy atom. The number of thioether (sulfide) groups is 1. The summed E-state index contributed by atoms with van der Waals surface area (Å²) < 4.78 is 0. The molecule has 188 valence electrons. The molecular formula is C28H32ClN5OS. The minimum atomic E-state index is 0.250. The van der Waals surface area contributed by atoms with Gasteiger partial charge >= 0.3 is 0 Å². The van der Waals surface area contributed by atoms with E-state index >= 15 is 0 Å². The lowest BCUT2D eigenvalue weighted by Crippen LogP contribution is -2.31. The second kappa shape index (κ2) is 15.1. The van der Waals surface area contributed by atoms with Crippen LogP contribution in [0.25, 0.3) is 11.1 Å². The summed E-state index contributed by atoms with van der Waals surface area (Å²) in [5.41, 5.74) is 13.4. The predicted octanol–water partition coefficient (Wildman–Crippen LogP) is 5.00. The molecule has 0 radical (unpaired) electrons. The summed E-state index contributed by atoms with van der Waals surface area (Å²) in [6.07, 6.45) is 0.860. The second-order valence-corrected chi connectivity index (χ2v) is 9.91. The SMILES string of the molecule is C=N/C(Cc1ccc(Cl)cc1)=N\NCc1ccc(-c2cccc(CN3CCSCC3)c2)cc1.NC=O. The lowest BCUT2D eigenvalue weighted by atomic mass is 10.0. The van der Waals surface area contributed by atoms with E-state index in [1.807, 2.05) is 24.3 Å². The van der Waals surface area contributed by atoms with Gasteiger partial charge in [-0.25, -0.2) is 4.99 Å². The van der Waals surface area contributed by atoms with Gasteiger partial charge in [0.25, 0.3) is 0 Å². The number of amidine groups is 1. The van der Waals surface area contributed by atoms with Crippen molar-refractivity contribution in [1.82, 2.24) is 10.3 Å². The maximum Gasteiger partial charge on any atom is 0.204 e. The molecule has 0 saturated carbocycles. The molecule has 1 fully saturated rings. The number of amides is 1. The van der Waals surface area contributed by atoms with Gasteiger partial charge in [0.05, 0.1) is 6.54 Å². The van der Waals surface area contributed by atoms with Crippen molar-refractivity contribution in [2.24, 2.45) is 15.8 Å². The molecule has 0 aromatic heterocycles. The summed E-state index contributed by atoms with van der Waals surface area (Å²) in [4.78, 5) is 15.2. The van der Waals surface area contributed by atoms with Gasteiger partial charge in [-0.05, 0) is 52.7 Å². The number of nitrogens with one attached hydrogen (secondary N) is 1. The molecule has 1 aliphatic rings. The first-order valence-electron chi connectivity index (χ1n) is 11.8. The monoisotopic (exact) mass is 521 g/mol. The fourth-order valence-electron chi connectivity index (χ4n) is 3.82. The Morgan fingerprint density at radius 3 is 2.33 bits per heavy atom. The van der Waals surface area contributed by atoms with Crippen LogP contribution in [0.15, 0.2) is 82.9 Å². The van der Waals surface area contributed by atoms with Crippen LogP contribution >= 0.6 is 23.4 Å². The van der Waals surface area contributed by atoms with Crippen molar-refractivity contribution in [1.29, 1.82) is 0 Å². The summed E-state index contributed by atoms with van der Waals surface area (Å²) in [6.45, 7) is 7.67. The highest BCUT2D eigenvalue weighted by Crippen LogP contribution is 2.22. The highest BCUT2D eigenvalue weighted by atomic mass is 35.5. The first kappa shape index (κ1) is 27.5. The number of aliphatic imine (C=N–C) groups is 1. The minimum Gasteiger partial charge on any atom is -0.372 e. The topological polar surface area (TPSA) is 83.1 Å². The van der Waals surface area contributed by atoms with E-state index in [0.717, 1.165) is 17.1 Å². The maximum absolute atomic E-state index is 8.58. The van der Waals surface area contributed by atoms with Gasteiger partial charge in [0.1, 0.15) is 0 Å². The van der Waals surface area contributed by atoms with E-state index in [1.54, 1.807) is 0 Å². The molecule has 8 heteroatoms. The highest BCUT2D eigenvalue weighted by molar-refractivity contribution is 7.99. The third-order valence-electron chi connectivity index (χ3n) is 5.67. The molecular weight excluding hydrogens is 490 g/mol. The van der Waals surface area contributed by atoms with E-state index < -0.39 is 0 Å². The van der Waals surface area contributed by atoms with E-state index in [-0.39, 0.29) is 6.41 Å². The molecule has 3 aromatic carbocycles. The fraction of sp³-hybridized carbons (Fsp3) is 0.250. The predicted molar refractivity (Wildman–Crippen MR) is 154 cm³/mol. The van der Waals surface area contributed by atoms with Gasteiger partial charge < -0.3 is 11.2 Å². The zero-order valence-electron chi connectivity index (χ0n) is 20.3. The Hall–Kier alpha value is -3.13. The number of halogens is 1. The molecule has 4 rings (SSSR count). The Morgan fingerprint density at radius 2 is 1.67 bits per heavy atom. The van der Waals surface area contributed by atoms with Crippen molar-refractivity contribution >= 4 is 42.3 Å². The summed E-state index contributed by atoms with van der Waals surface area (Å²) in [5.74, 6) is 3.13. The van der Waals surface area contributed by atoms with E-state index in [1.165, 1.54) is 46.8 Å². The molecule has 1 aliphatic heterocycles. The van der Waals surface area contributed by atoms with Crippen LogP contribution in [0.2, 0.25) is 5.02 Å². The van der Waals surface area contributed by atoms with E-state index in [2.05, 4.69) is 93.2 Å². The highest BCUT2D eigenvalue weighted by Gasteiger charge is 2.11. The van der Waals surface area contributed by atoms with Crippen LogP contribution in [0.3, 0.4) is 0 Å². The summed E-state index contributed by atoms with van der Waals surface area (Å²) in [5, 5.41) is 5.12. The average Bonchev–Trinajstić information content (AvgIpc) is 2.91. The van der Waals surface area contributed by atoms with Crippen molar-refractivity contribution < 1.29 is 4.79 Å². The van der Waals surface area contributed by atoms with Crippen LogP contribution < -0.4 is 11.2 Å². The van der Waals surface area contributed by atoms with Crippen molar-refractivity contribution in [2.75, 3.05) is 24.6 Å². The third-order valence-corrected chi connectivity index (χ3v) is 6.87. The van der Waals surface area contributed by atoms with Crippen molar-refractivity contribution in [3.8, 4) is 11.1 Å². The molecule has 0 bridgehead atoms. The largest absolute Gasteiger partial charge is 0.372 e. The molecule has 0 spiro atoms. The number of carbonyl (C=O) groups is 1. The number of hydrazone groups is 1. The molecule has 0 aliphatic carbocycles. The molecule has 0 atom stereocenters. The van der Waals surface area contributed by atoms with E-state index in [0.29, 0.717) is 18.8 Å². The molecule has 3 aromatic rings. The number of carbonyl (C=O) groups excluding carboxylic acids is 1. The lowest BCUT2D eigenvalue weighted by molar-refractivity contribution is -0.106. The summed E-state index contributed by atoms with van der Waals surface area (Å²) >= 11 is 8.00. The Bertz CT molecular complexity index is 1130. The maximum atomic E-state index is 8.58. The number of primary amides is 1. The number of nitrogens with two attached hydrogens (primary N) is 1. The van der Waals surface area contributed by atoms with Crippen LogP contribution in [0.5, 0.6) is 0 Å². The molecule has 1 heterocycles. The summed E-state index contributed by atoms with van der Waals surface area (Å²) in [6, 6.07) is 25.2. The lowest BCUT2D eigenvalue weighted by Gasteiger charge is -2.26. The molecule has 0 unspecified atom stereocenters. The first-order chi connectivity index (χ1) is 17.6. The first-order valence-corrected chi connectivity index (χ1v) is 13.3. The van der Waals surface area contributed by atoms with Gasteiger partial charge in [0.2, 0.25) is 6.41 Å².